The Hall–Kier alpha value is -1.71. The molecule has 0 rings (SSSR count). The first kappa shape index (κ1) is 51.3. The van der Waals surface area contributed by atoms with Crippen LogP contribution in [0.4, 0.5) is 0 Å². The van der Waals surface area contributed by atoms with Crippen molar-refractivity contribution in [3.63, 3.8) is 0 Å². The van der Waals surface area contributed by atoms with Crippen molar-refractivity contribution in [1.82, 2.24) is 0 Å². The molecule has 3 N–H and O–H groups in total. The van der Waals surface area contributed by atoms with Crippen molar-refractivity contribution in [2.24, 2.45) is 0 Å². The van der Waals surface area contributed by atoms with Crippen LogP contribution in [0.2, 0.25) is 0 Å². The molecule has 10 nitrogen and oxygen atoms in total. The second-order valence-electron chi connectivity index (χ2n) is 14.6. The second kappa shape index (κ2) is 38.6. The molecule has 0 spiro atoms. The van der Waals surface area contributed by atoms with Crippen LogP contribution >= 0.6 is 7.82 Å². The Labute approximate surface area is 324 Å². The average Bonchev–Trinajstić information content (AvgIpc) is 3.13. The number of carbonyl (C=O) groups excluding carboxylic acids is 2. The Morgan fingerprint density at radius 3 is 1.43 bits per heavy atom. The van der Waals surface area contributed by atoms with E-state index in [0.29, 0.717) is 6.42 Å². The van der Waals surface area contributed by atoms with E-state index in [9.17, 15) is 24.2 Å². The number of phosphoric acid groups is 1. The van der Waals surface area contributed by atoms with E-state index in [2.05, 4.69) is 36.3 Å². The zero-order chi connectivity index (χ0) is 39.1. The fourth-order valence-electron chi connectivity index (χ4n) is 5.92. The molecular weight excluding hydrogens is 693 g/mol. The molecule has 0 amide bonds. The number of esters is 1. The van der Waals surface area contributed by atoms with Gasteiger partial charge >= 0.3 is 5.97 Å². The third-order valence-corrected chi connectivity index (χ3v) is 10.3. The summed E-state index contributed by atoms with van der Waals surface area (Å²) in [6.45, 7) is 3.17. The summed E-state index contributed by atoms with van der Waals surface area (Å²) in [5, 5.41) is 10.8. The van der Waals surface area contributed by atoms with Gasteiger partial charge in [-0.05, 0) is 51.0 Å². The van der Waals surface area contributed by atoms with E-state index in [1.807, 2.05) is 6.08 Å². The molecule has 0 aromatic heterocycles. The number of hydrogen-bond donors (Lipinski definition) is 1. The predicted molar refractivity (Wildman–Crippen MR) is 211 cm³/mol. The molecular formula is C42H79NO9P-. The smallest absolute Gasteiger partial charge is 0.306 e. The average molecular weight is 773 g/mol. The number of aliphatic carboxylic acids is 1. The lowest BCUT2D eigenvalue weighted by Crippen LogP contribution is -2.70. The number of quaternary nitrogens is 1. The summed E-state index contributed by atoms with van der Waals surface area (Å²) in [6, 6.07) is -1.38. The van der Waals surface area contributed by atoms with Crippen LogP contribution in [-0.2, 0) is 32.7 Å². The summed E-state index contributed by atoms with van der Waals surface area (Å²) in [5.74, 6) is -2.00. The van der Waals surface area contributed by atoms with Gasteiger partial charge in [0.05, 0.1) is 12.9 Å². The summed E-state index contributed by atoms with van der Waals surface area (Å²) in [4.78, 5) is 35.6. The maximum atomic E-state index is 12.6. The first-order valence-corrected chi connectivity index (χ1v) is 22.9. The molecule has 0 aromatic rings. The molecule has 0 bridgehead atoms. The molecule has 0 saturated heterocycles. The normalized spacial score (nSPS) is 14.1. The van der Waals surface area contributed by atoms with E-state index < -0.39 is 45.1 Å². The summed E-state index contributed by atoms with van der Waals surface area (Å²) in [7, 11) is -4.87. The number of carbonyl (C=O) groups is 2. The minimum absolute atomic E-state index is 0.0929. The van der Waals surface area contributed by atoms with Gasteiger partial charge in [-0.25, -0.2) is 0 Å². The molecule has 0 aromatic carbocycles. The molecule has 3 atom stereocenters. The molecule has 0 saturated carbocycles. The monoisotopic (exact) mass is 773 g/mol. The van der Waals surface area contributed by atoms with Gasteiger partial charge in [0.2, 0.25) is 0 Å². The maximum Gasteiger partial charge on any atom is 0.306 e. The molecule has 53 heavy (non-hydrogen) atoms. The first-order chi connectivity index (χ1) is 25.7. The summed E-state index contributed by atoms with van der Waals surface area (Å²) in [6.07, 6.45) is 41.5. The van der Waals surface area contributed by atoms with Gasteiger partial charge in [0, 0.05) is 6.42 Å². The molecule has 11 heteroatoms. The van der Waals surface area contributed by atoms with Gasteiger partial charge in [0.25, 0.3) is 7.82 Å². The van der Waals surface area contributed by atoms with Crippen molar-refractivity contribution in [2.75, 3.05) is 19.8 Å². The molecule has 0 aliphatic heterocycles. The Balaban J connectivity index is 4.30. The molecule has 312 valence electrons. The van der Waals surface area contributed by atoms with Gasteiger partial charge < -0.3 is 39.0 Å². The predicted octanol–water partition coefficient (Wildman–Crippen LogP) is 9.20. The number of unbranched alkanes of at least 4 members (excludes halogenated alkanes) is 25. The number of carboxylic acids is 1. The van der Waals surface area contributed by atoms with Crippen molar-refractivity contribution in [1.29, 1.82) is 0 Å². The Bertz CT molecular complexity index is 946. The highest BCUT2D eigenvalue weighted by Crippen LogP contribution is 2.38. The molecule has 0 aliphatic rings. The largest absolute Gasteiger partial charge is 0.756 e. The van der Waals surface area contributed by atoms with Gasteiger partial charge in [-0.3, -0.25) is 9.36 Å². The highest BCUT2D eigenvalue weighted by molar-refractivity contribution is 7.45. The third kappa shape index (κ3) is 38.4. The number of allylic oxidation sites excluding steroid dienone is 3. The molecule has 0 fully saturated rings. The summed E-state index contributed by atoms with van der Waals surface area (Å²) in [5.41, 5.74) is 3.26. The topological polar surface area (TPSA) is 162 Å². The fourth-order valence-corrected chi connectivity index (χ4v) is 6.70. The fraction of sp³-hybridized carbons (Fsp3) is 0.857. The molecule has 0 aliphatic carbocycles. The lowest BCUT2D eigenvalue weighted by atomic mass is 10.0. The van der Waals surface area contributed by atoms with Crippen molar-refractivity contribution in [3.05, 3.63) is 24.5 Å². The Morgan fingerprint density at radius 1 is 0.585 bits per heavy atom. The number of rotatable bonds is 41. The number of carboxylic acid groups (broad SMARTS) is 1. The van der Waals surface area contributed by atoms with Crippen molar-refractivity contribution >= 4 is 19.8 Å². The van der Waals surface area contributed by atoms with Gasteiger partial charge in [0.15, 0.2) is 6.10 Å². The zero-order valence-corrected chi connectivity index (χ0v) is 34.8. The standard InChI is InChI=1S/C42H80NO9P/c1-3-5-7-9-11-13-15-17-19-21-23-25-27-29-31-33-35-49-36-39(37-50-53(47,48)51-38-40(43)42(45)46)52-41(44)34-32-30-28-26-24-22-20-18-16-14-12-10-8-6-4-2/h18,20,33,35,39-40H,3-17,19,21-32,34,36-38,43H2,1-2H3,(H,45,46)(H,47,48)/p-1/b20-18-,35-33-/t39-,40+/m1/s1. The third-order valence-electron chi connectivity index (χ3n) is 9.33. The van der Waals surface area contributed by atoms with Gasteiger partial charge in [-0.2, -0.15) is 0 Å². The van der Waals surface area contributed by atoms with Crippen LogP contribution in [0.1, 0.15) is 200 Å². The number of phosphoric ester groups is 1. The summed E-state index contributed by atoms with van der Waals surface area (Å²) < 4.78 is 32.7. The van der Waals surface area contributed by atoms with E-state index >= 15 is 0 Å². The van der Waals surface area contributed by atoms with Crippen LogP contribution < -0.4 is 15.7 Å². The minimum Gasteiger partial charge on any atom is -0.756 e. The van der Waals surface area contributed by atoms with Gasteiger partial charge in [-0.15, -0.1) is 0 Å². The van der Waals surface area contributed by atoms with Crippen LogP contribution in [0.3, 0.4) is 0 Å². The Morgan fingerprint density at radius 2 is 0.981 bits per heavy atom. The number of ether oxygens (including phenoxy) is 2. The lowest BCUT2D eigenvalue weighted by molar-refractivity contribution is -0.441. The van der Waals surface area contributed by atoms with E-state index in [1.165, 1.54) is 122 Å². The highest BCUT2D eigenvalue weighted by Gasteiger charge is 2.21. The SMILES string of the molecule is CCCCCCCC/C=C\CCCCCCCC(=O)O[C@H](CO/C=C\CCCCCCCCCCCCCCCC)COP(=O)([O-])OC[C@H]([NH3+])C(=O)[O-]. The van der Waals surface area contributed by atoms with Crippen LogP contribution in [0.15, 0.2) is 24.5 Å². The van der Waals surface area contributed by atoms with E-state index in [4.69, 9.17) is 14.0 Å². The molecule has 0 radical (unpaired) electrons. The first-order valence-electron chi connectivity index (χ1n) is 21.5. The van der Waals surface area contributed by atoms with Crippen molar-refractivity contribution in [2.45, 2.75) is 212 Å². The second-order valence-corrected chi connectivity index (χ2v) is 16.0. The van der Waals surface area contributed by atoms with E-state index in [0.717, 1.165) is 51.4 Å². The Kier molecular flexibility index (Phi) is 37.3. The van der Waals surface area contributed by atoms with E-state index in [1.54, 1.807) is 6.26 Å². The van der Waals surface area contributed by atoms with Crippen molar-refractivity contribution in [3.8, 4) is 0 Å². The van der Waals surface area contributed by atoms with Gasteiger partial charge in [-0.1, -0.05) is 161 Å². The van der Waals surface area contributed by atoms with Crippen LogP contribution in [0.25, 0.3) is 0 Å². The highest BCUT2D eigenvalue weighted by atomic mass is 31.2. The minimum atomic E-state index is -4.87. The number of hydrogen-bond acceptors (Lipinski definition) is 9. The molecule has 1 unspecified atom stereocenters. The van der Waals surface area contributed by atoms with Gasteiger partial charge in [0.1, 0.15) is 25.2 Å². The lowest BCUT2D eigenvalue weighted by Gasteiger charge is -2.26. The van der Waals surface area contributed by atoms with Crippen LogP contribution in [0.5, 0.6) is 0 Å². The van der Waals surface area contributed by atoms with Crippen LogP contribution in [0, 0.1) is 0 Å². The zero-order valence-electron chi connectivity index (χ0n) is 33.9. The quantitative estimate of drug-likeness (QED) is 0.0210. The molecule has 0 heterocycles. The summed E-state index contributed by atoms with van der Waals surface area (Å²) >= 11 is 0. The van der Waals surface area contributed by atoms with Crippen LogP contribution in [-0.4, -0.2) is 43.9 Å². The van der Waals surface area contributed by atoms with Crippen molar-refractivity contribution < 1.29 is 48.4 Å². The maximum absolute atomic E-state index is 12.6. The van der Waals surface area contributed by atoms with E-state index in [-0.39, 0.29) is 13.0 Å².